The quantitative estimate of drug-likeness (QED) is 0.153. The van der Waals surface area contributed by atoms with Crippen LogP contribution >= 0.6 is 0 Å². The first-order valence-electron chi connectivity index (χ1n) is 21.2. The summed E-state index contributed by atoms with van der Waals surface area (Å²) >= 11 is 0. The van der Waals surface area contributed by atoms with Crippen molar-refractivity contribution in [1.29, 1.82) is 0 Å². The lowest BCUT2D eigenvalue weighted by Crippen LogP contribution is -2.28. The molecule has 0 fully saturated rings. The van der Waals surface area contributed by atoms with Gasteiger partial charge in [0.1, 0.15) is 5.58 Å². The fourth-order valence-electron chi connectivity index (χ4n) is 10.6. The largest absolute Gasteiger partial charge is 0.454 e. The Morgan fingerprint density at radius 2 is 1.16 bits per heavy atom. The van der Waals surface area contributed by atoms with E-state index in [1.807, 2.05) is 12.1 Å². The summed E-state index contributed by atoms with van der Waals surface area (Å²) in [6.07, 6.45) is 6.38. The molecule has 9 aromatic rings. The van der Waals surface area contributed by atoms with E-state index in [1.165, 1.54) is 66.8 Å². The van der Waals surface area contributed by atoms with Crippen molar-refractivity contribution >= 4 is 44.6 Å². The average molecular weight is 784 g/mol. The van der Waals surface area contributed by atoms with Gasteiger partial charge < -0.3 is 9.32 Å². The number of rotatable bonds is 8. The summed E-state index contributed by atoms with van der Waals surface area (Å²) < 4.78 is 6.72. The zero-order valence-corrected chi connectivity index (χ0v) is 34.7. The van der Waals surface area contributed by atoms with Gasteiger partial charge in [0.05, 0.1) is 11.1 Å². The molecule has 0 atom stereocenters. The summed E-state index contributed by atoms with van der Waals surface area (Å²) in [5, 5.41) is 2.21. The Bertz CT molecular complexity index is 3190. The highest BCUT2D eigenvalue weighted by Crippen LogP contribution is 2.58. The molecule has 1 heterocycles. The van der Waals surface area contributed by atoms with Crippen LogP contribution in [0.1, 0.15) is 54.2 Å². The number of furan rings is 1. The molecule has 0 N–H and O–H groups in total. The molecule has 8 aromatic carbocycles. The Morgan fingerprint density at radius 3 is 1.90 bits per heavy atom. The molecule has 61 heavy (non-hydrogen) atoms. The van der Waals surface area contributed by atoms with Gasteiger partial charge in [-0.2, -0.15) is 0 Å². The summed E-state index contributed by atoms with van der Waals surface area (Å²) in [6, 6.07) is 68.7. The molecule has 0 spiro atoms. The van der Waals surface area contributed by atoms with E-state index in [0.717, 1.165) is 39.0 Å². The summed E-state index contributed by atoms with van der Waals surface area (Å²) in [4.78, 5) is 2.37. The maximum Gasteiger partial charge on any atom is 0.159 e. The van der Waals surface area contributed by atoms with Crippen LogP contribution in [0.25, 0.3) is 49.8 Å². The van der Waals surface area contributed by atoms with Crippen LogP contribution in [0.3, 0.4) is 0 Å². The van der Waals surface area contributed by atoms with Crippen LogP contribution in [0, 0.1) is 0 Å². The molecule has 0 bridgehead atoms. The molecule has 11 rings (SSSR count). The summed E-state index contributed by atoms with van der Waals surface area (Å²) in [5.74, 6) is 0. The first-order chi connectivity index (χ1) is 29.9. The minimum atomic E-state index is -0.457. The molecule has 0 saturated heterocycles. The molecule has 2 nitrogen and oxygen atoms in total. The Labute approximate surface area is 358 Å². The van der Waals surface area contributed by atoms with Gasteiger partial charge in [-0.1, -0.05) is 190 Å². The van der Waals surface area contributed by atoms with Gasteiger partial charge in [-0.25, -0.2) is 0 Å². The van der Waals surface area contributed by atoms with Gasteiger partial charge in [-0.05, 0) is 110 Å². The van der Waals surface area contributed by atoms with Crippen molar-refractivity contribution in [3.8, 4) is 22.3 Å². The SMILES string of the molecule is C=CC1=C(/C=C\C)C(C)(C)c2cc(N(c3ccc(-c4cccc5c4-c4ccccc4C5(c4ccccc4)c4ccccc4)cc3)c3cccc4c3oc3ccccc34)ccc21. The van der Waals surface area contributed by atoms with Gasteiger partial charge in [-0.3, -0.25) is 0 Å². The second kappa shape index (κ2) is 14.1. The maximum absolute atomic E-state index is 6.72. The second-order valence-corrected chi connectivity index (χ2v) is 16.8. The number of fused-ring (bicyclic) bond motifs is 7. The third-order valence-corrected chi connectivity index (χ3v) is 13.3. The van der Waals surface area contributed by atoms with Crippen molar-refractivity contribution in [1.82, 2.24) is 0 Å². The summed E-state index contributed by atoms with van der Waals surface area (Å²) in [5.41, 5.74) is 19.3. The van der Waals surface area contributed by atoms with Gasteiger partial charge in [0.25, 0.3) is 0 Å². The minimum Gasteiger partial charge on any atom is -0.454 e. The zero-order chi connectivity index (χ0) is 41.3. The smallest absolute Gasteiger partial charge is 0.159 e. The van der Waals surface area contributed by atoms with Crippen LogP contribution in [0.4, 0.5) is 17.1 Å². The molecular formula is C59H45NO. The zero-order valence-electron chi connectivity index (χ0n) is 34.7. The van der Waals surface area contributed by atoms with E-state index in [-0.39, 0.29) is 5.41 Å². The normalized spacial score (nSPS) is 14.7. The van der Waals surface area contributed by atoms with Crippen molar-refractivity contribution < 1.29 is 4.42 Å². The fourth-order valence-corrected chi connectivity index (χ4v) is 10.6. The molecule has 0 saturated carbocycles. The monoisotopic (exact) mass is 783 g/mol. The molecule has 2 aliphatic carbocycles. The third-order valence-electron chi connectivity index (χ3n) is 13.3. The molecule has 2 aliphatic rings. The van der Waals surface area contributed by atoms with Crippen LogP contribution < -0.4 is 4.90 Å². The van der Waals surface area contributed by atoms with Crippen molar-refractivity contribution in [2.75, 3.05) is 4.90 Å². The highest BCUT2D eigenvalue weighted by Gasteiger charge is 2.46. The Kier molecular flexibility index (Phi) is 8.47. The fraction of sp³-hybridized carbons (Fsp3) is 0.0847. The first kappa shape index (κ1) is 36.6. The Hall–Kier alpha value is -7.42. The second-order valence-electron chi connectivity index (χ2n) is 16.8. The number of para-hydroxylation sites is 2. The van der Waals surface area contributed by atoms with E-state index in [9.17, 15) is 0 Å². The molecule has 2 heteroatoms. The van der Waals surface area contributed by atoms with Crippen LogP contribution in [0.5, 0.6) is 0 Å². The number of hydrogen-bond acceptors (Lipinski definition) is 2. The lowest BCUT2D eigenvalue weighted by Gasteiger charge is -2.34. The summed E-state index contributed by atoms with van der Waals surface area (Å²) in [7, 11) is 0. The Morgan fingerprint density at radius 1 is 0.541 bits per heavy atom. The number of nitrogens with zero attached hydrogens (tertiary/aromatic N) is 1. The van der Waals surface area contributed by atoms with E-state index in [4.69, 9.17) is 4.42 Å². The molecule has 0 radical (unpaired) electrons. The first-order valence-corrected chi connectivity index (χ1v) is 21.2. The maximum atomic E-state index is 6.72. The van der Waals surface area contributed by atoms with E-state index >= 15 is 0 Å². The van der Waals surface area contributed by atoms with Crippen molar-refractivity contribution in [3.05, 3.63) is 252 Å². The molecule has 292 valence electrons. The van der Waals surface area contributed by atoms with Gasteiger partial charge in [0.2, 0.25) is 0 Å². The number of benzene rings is 8. The van der Waals surface area contributed by atoms with Crippen molar-refractivity contribution in [2.24, 2.45) is 0 Å². The summed E-state index contributed by atoms with van der Waals surface area (Å²) in [6.45, 7) is 11.0. The minimum absolute atomic E-state index is 0.207. The Balaban J connectivity index is 1.10. The lowest BCUT2D eigenvalue weighted by molar-refractivity contribution is 0.654. The third kappa shape index (κ3) is 5.35. The molecule has 0 unspecified atom stereocenters. The van der Waals surface area contributed by atoms with Crippen molar-refractivity contribution in [3.63, 3.8) is 0 Å². The van der Waals surface area contributed by atoms with Crippen LogP contribution in [0.2, 0.25) is 0 Å². The predicted molar refractivity (Wildman–Crippen MR) is 256 cm³/mol. The number of allylic oxidation sites excluding steroid dienone is 5. The number of anilines is 3. The van der Waals surface area contributed by atoms with Gasteiger partial charge in [0, 0.05) is 27.6 Å². The predicted octanol–water partition coefficient (Wildman–Crippen LogP) is 15.9. The van der Waals surface area contributed by atoms with Crippen LogP contribution in [0.15, 0.2) is 223 Å². The van der Waals surface area contributed by atoms with Crippen molar-refractivity contribution in [2.45, 2.75) is 31.6 Å². The topological polar surface area (TPSA) is 16.4 Å². The molecular weight excluding hydrogens is 739 g/mol. The molecule has 0 amide bonds. The lowest BCUT2D eigenvalue weighted by atomic mass is 9.67. The molecule has 1 aromatic heterocycles. The van der Waals surface area contributed by atoms with E-state index in [2.05, 4.69) is 226 Å². The van der Waals surface area contributed by atoms with E-state index in [0.29, 0.717) is 0 Å². The van der Waals surface area contributed by atoms with Gasteiger partial charge in [0.15, 0.2) is 5.58 Å². The average Bonchev–Trinajstić information content (AvgIpc) is 3.91. The van der Waals surface area contributed by atoms with E-state index in [1.54, 1.807) is 0 Å². The number of hydrogen-bond donors (Lipinski definition) is 0. The standard InChI is InChI=1S/C59H45NO/c1-5-19-50-44(6-2)46-37-36-43(38-53(46)58(50,3)4)60(54-30-18-27-48-47-24-14-16-31-55(47)61-57(48)54)42-34-32-39(33-35-42)45-26-17-29-52-56(45)49-25-13-15-28-51(49)59(52,40-20-9-7-10-21-40)41-22-11-8-12-23-41/h5-38H,2H2,1,3-4H3/b19-5-. The molecule has 0 aliphatic heterocycles. The highest BCUT2D eigenvalue weighted by atomic mass is 16.3. The highest BCUT2D eigenvalue weighted by molar-refractivity contribution is 6.10. The van der Waals surface area contributed by atoms with E-state index < -0.39 is 5.41 Å². The van der Waals surface area contributed by atoms with Gasteiger partial charge in [-0.15, -0.1) is 0 Å². The van der Waals surface area contributed by atoms with Crippen LogP contribution in [-0.2, 0) is 10.8 Å². The van der Waals surface area contributed by atoms with Crippen LogP contribution in [-0.4, -0.2) is 0 Å². The van der Waals surface area contributed by atoms with Gasteiger partial charge >= 0.3 is 0 Å².